The molecule has 2 aliphatic heterocycles. The highest BCUT2D eigenvalue weighted by atomic mass is 15.1. The van der Waals surface area contributed by atoms with Crippen LogP contribution in [0, 0.1) is 0 Å². The van der Waals surface area contributed by atoms with Crippen LogP contribution in [0.15, 0.2) is 9.98 Å². The molecule has 1 spiro atoms. The standard InChI is InChI=1S/C4H4B2N2/c1-3-6-4(8-3)5-2-7-4/h2H,1H3. The van der Waals surface area contributed by atoms with E-state index in [9.17, 15) is 0 Å². The van der Waals surface area contributed by atoms with Gasteiger partial charge in [-0.3, -0.25) is 9.98 Å². The Morgan fingerprint density at radius 3 is 2.50 bits per heavy atom. The van der Waals surface area contributed by atoms with Crippen LogP contribution in [0.2, 0.25) is 0 Å². The maximum Gasteiger partial charge on any atom is 0.225 e. The lowest BCUT2D eigenvalue weighted by Gasteiger charge is -2.37. The maximum atomic E-state index is 4.17. The summed E-state index contributed by atoms with van der Waals surface area (Å²) in [7, 11) is 4.03. The Morgan fingerprint density at radius 2 is 2.38 bits per heavy atom. The van der Waals surface area contributed by atoms with Crippen LogP contribution in [-0.2, 0) is 0 Å². The minimum Gasteiger partial charge on any atom is -0.296 e. The van der Waals surface area contributed by atoms with Gasteiger partial charge in [0, 0.05) is 0 Å². The Hall–Kier alpha value is -0.530. The zero-order valence-corrected chi connectivity index (χ0v) is 4.63. The Morgan fingerprint density at radius 1 is 1.75 bits per heavy atom. The van der Waals surface area contributed by atoms with Gasteiger partial charge in [-0.05, 0) is 18.6 Å². The maximum absolute atomic E-state index is 4.17. The van der Waals surface area contributed by atoms with E-state index in [1.165, 1.54) is 0 Å². The number of rotatable bonds is 0. The van der Waals surface area contributed by atoms with Crippen LogP contribution >= 0.6 is 0 Å². The third-order valence-corrected chi connectivity index (χ3v) is 1.38. The van der Waals surface area contributed by atoms with Gasteiger partial charge in [0.05, 0.1) is 5.46 Å². The molecule has 0 aromatic heterocycles. The summed E-state index contributed by atoms with van der Waals surface area (Å²) in [4.78, 5) is 8.20. The summed E-state index contributed by atoms with van der Waals surface area (Å²) in [5.74, 6) is 0. The molecule has 0 saturated carbocycles. The largest absolute Gasteiger partial charge is 0.296 e. The molecule has 2 nitrogen and oxygen atoms in total. The highest BCUT2D eigenvalue weighted by Crippen LogP contribution is 2.22. The van der Waals surface area contributed by atoms with Gasteiger partial charge in [0.15, 0.2) is 0 Å². The van der Waals surface area contributed by atoms with Crippen LogP contribution in [0.4, 0.5) is 0 Å². The van der Waals surface area contributed by atoms with Crippen LogP contribution < -0.4 is 0 Å². The zero-order valence-electron chi connectivity index (χ0n) is 4.63. The van der Waals surface area contributed by atoms with Crippen molar-refractivity contribution in [1.82, 2.24) is 0 Å². The molecular formula is C4H4B2N2. The SMILES string of the molecule is CC1=NC2([B]C=N2)[B]1. The normalized spacial score (nSPS) is 38.9. The molecule has 1 atom stereocenters. The van der Waals surface area contributed by atoms with Crippen LogP contribution in [0.3, 0.4) is 0 Å². The molecule has 2 radical (unpaired) electrons. The lowest BCUT2D eigenvalue weighted by atomic mass is 9.36. The lowest BCUT2D eigenvalue weighted by Crippen LogP contribution is -2.56. The average molecular weight is 102 g/mol. The summed E-state index contributed by atoms with van der Waals surface area (Å²) < 4.78 is 0. The van der Waals surface area contributed by atoms with Crippen molar-refractivity contribution in [1.29, 1.82) is 0 Å². The van der Waals surface area contributed by atoms with Crippen molar-refractivity contribution < 1.29 is 0 Å². The van der Waals surface area contributed by atoms with Gasteiger partial charge in [-0.1, -0.05) is 0 Å². The third kappa shape index (κ3) is 0.358. The van der Waals surface area contributed by atoms with Crippen LogP contribution in [0.5, 0.6) is 0 Å². The van der Waals surface area contributed by atoms with E-state index in [0.29, 0.717) is 0 Å². The van der Waals surface area contributed by atoms with Crippen molar-refractivity contribution in [3.63, 3.8) is 0 Å². The highest BCUT2D eigenvalue weighted by molar-refractivity contribution is 6.97. The minimum atomic E-state index is -0.177. The fourth-order valence-corrected chi connectivity index (χ4v) is 0.967. The van der Waals surface area contributed by atoms with Gasteiger partial charge in [0.1, 0.15) is 0 Å². The van der Waals surface area contributed by atoms with Crippen molar-refractivity contribution in [2.24, 2.45) is 9.98 Å². The average Bonchev–Trinajstić information content (AvgIpc) is 1.51. The molecule has 0 amide bonds. The predicted molar refractivity (Wildman–Crippen MR) is 35.8 cm³/mol. The van der Waals surface area contributed by atoms with E-state index in [-0.39, 0.29) is 5.46 Å². The van der Waals surface area contributed by atoms with Crippen molar-refractivity contribution in [2.75, 3.05) is 0 Å². The minimum absolute atomic E-state index is 0.177. The second-order valence-corrected chi connectivity index (χ2v) is 2.13. The summed E-state index contributed by atoms with van der Waals surface area (Å²) in [5, 5.41) is 0. The second kappa shape index (κ2) is 1.07. The Bertz CT molecular complexity index is 186. The van der Waals surface area contributed by atoms with E-state index >= 15 is 0 Å². The number of nitrogens with zero attached hydrogens (tertiary/aromatic N) is 2. The van der Waals surface area contributed by atoms with E-state index in [1.807, 2.05) is 21.5 Å². The van der Waals surface area contributed by atoms with Crippen LogP contribution in [0.25, 0.3) is 0 Å². The zero-order chi connectivity index (χ0) is 5.61. The predicted octanol–water partition coefficient (Wildman–Crippen LogP) is -0.520. The first kappa shape index (κ1) is 4.36. The Kier molecular flexibility index (Phi) is 0.581. The first-order chi connectivity index (χ1) is 3.81. The third-order valence-electron chi connectivity index (χ3n) is 1.38. The van der Waals surface area contributed by atoms with E-state index in [4.69, 9.17) is 0 Å². The molecule has 0 aromatic rings. The molecule has 0 bridgehead atoms. The fourth-order valence-electron chi connectivity index (χ4n) is 0.967. The molecule has 36 valence electrons. The smallest absolute Gasteiger partial charge is 0.225 e. The van der Waals surface area contributed by atoms with Gasteiger partial charge >= 0.3 is 0 Å². The van der Waals surface area contributed by atoms with E-state index < -0.39 is 0 Å². The molecule has 2 heterocycles. The summed E-state index contributed by atoms with van der Waals surface area (Å²) in [6.45, 7) is 1.98. The molecule has 0 aromatic carbocycles. The van der Waals surface area contributed by atoms with Crippen molar-refractivity contribution in [2.45, 2.75) is 12.4 Å². The summed E-state index contributed by atoms with van der Waals surface area (Å²) in [6.07, 6.45) is 1.78. The number of hydrogen-bond donors (Lipinski definition) is 0. The van der Waals surface area contributed by atoms with Gasteiger partial charge in [-0.2, -0.15) is 0 Å². The lowest BCUT2D eigenvalue weighted by molar-refractivity contribution is 0.828. The Balaban J connectivity index is 2.25. The summed E-state index contributed by atoms with van der Waals surface area (Å²) in [6, 6.07) is 0. The topological polar surface area (TPSA) is 24.7 Å². The van der Waals surface area contributed by atoms with Crippen molar-refractivity contribution in [3.05, 3.63) is 0 Å². The molecule has 1 unspecified atom stereocenters. The molecule has 0 N–H and O–H groups in total. The molecule has 0 fully saturated rings. The number of hydrogen-bond acceptors (Lipinski definition) is 2. The summed E-state index contributed by atoms with van der Waals surface area (Å²) >= 11 is 0. The highest BCUT2D eigenvalue weighted by Gasteiger charge is 2.41. The van der Waals surface area contributed by atoms with Gasteiger partial charge in [0.2, 0.25) is 14.6 Å². The molecule has 8 heavy (non-hydrogen) atoms. The first-order valence-electron chi connectivity index (χ1n) is 2.63. The van der Waals surface area contributed by atoms with Gasteiger partial charge < -0.3 is 0 Å². The van der Waals surface area contributed by atoms with Crippen molar-refractivity contribution in [3.8, 4) is 0 Å². The number of aliphatic imine (C=N–C) groups is 2. The Labute approximate surface area is 49.6 Å². The molecule has 2 rings (SSSR count). The monoisotopic (exact) mass is 102 g/mol. The molecule has 4 heteroatoms. The molecule has 2 aliphatic rings. The molecule has 0 aliphatic carbocycles. The van der Waals surface area contributed by atoms with E-state index in [1.54, 1.807) is 6.11 Å². The molecular weight excluding hydrogens is 97.7 g/mol. The van der Waals surface area contributed by atoms with Gasteiger partial charge in [-0.25, -0.2) is 0 Å². The quantitative estimate of drug-likeness (QED) is 0.367. The van der Waals surface area contributed by atoms with Gasteiger partial charge in [0.25, 0.3) is 0 Å². The van der Waals surface area contributed by atoms with E-state index in [2.05, 4.69) is 9.98 Å². The summed E-state index contributed by atoms with van der Waals surface area (Å²) in [5.41, 5.74) is 0.919. The molecule has 0 saturated heterocycles. The van der Waals surface area contributed by atoms with E-state index in [0.717, 1.165) is 5.61 Å². The van der Waals surface area contributed by atoms with Crippen LogP contribution in [0.1, 0.15) is 6.92 Å². The van der Waals surface area contributed by atoms with Gasteiger partial charge in [-0.15, -0.1) is 0 Å². The van der Waals surface area contributed by atoms with Crippen LogP contribution in [-0.4, -0.2) is 31.7 Å². The fraction of sp³-hybridized carbons (Fsp3) is 0.500. The van der Waals surface area contributed by atoms with Crippen molar-refractivity contribution >= 4 is 26.3 Å². The second-order valence-electron chi connectivity index (χ2n) is 2.13. The first-order valence-corrected chi connectivity index (χ1v) is 2.63.